The third kappa shape index (κ3) is 3.47. The van der Waals surface area contributed by atoms with E-state index in [1.807, 2.05) is 13.8 Å². The molecular formula is C9H14ClN3O. The standard InChI is InChI=1S/C9H14ClN3O/c1-9(2,5-14-3)13-8-4-7(10)11-6-12-8/h4,6H,5H2,1-3H3,(H,11,12,13). The maximum atomic E-state index is 5.73. The molecule has 0 saturated carbocycles. The van der Waals surface area contributed by atoms with Crippen molar-refractivity contribution in [1.82, 2.24) is 9.97 Å². The van der Waals surface area contributed by atoms with Gasteiger partial charge in [-0.3, -0.25) is 0 Å². The van der Waals surface area contributed by atoms with Crippen molar-refractivity contribution in [3.05, 3.63) is 17.5 Å². The number of hydrogen-bond donors (Lipinski definition) is 1. The minimum atomic E-state index is -0.174. The molecule has 0 fully saturated rings. The molecule has 4 nitrogen and oxygen atoms in total. The molecule has 0 spiro atoms. The van der Waals surface area contributed by atoms with E-state index in [4.69, 9.17) is 16.3 Å². The summed E-state index contributed by atoms with van der Waals surface area (Å²) in [6.07, 6.45) is 1.42. The molecule has 0 atom stereocenters. The molecule has 78 valence electrons. The van der Waals surface area contributed by atoms with E-state index in [2.05, 4.69) is 15.3 Å². The monoisotopic (exact) mass is 215 g/mol. The first-order valence-electron chi connectivity index (χ1n) is 4.28. The molecule has 0 unspecified atom stereocenters. The summed E-state index contributed by atoms with van der Waals surface area (Å²) in [6.45, 7) is 4.63. The van der Waals surface area contributed by atoms with Crippen LogP contribution >= 0.6 is 11.6 Å². The van der Waals surface area contributed by atoms with Crippen molar-refractivity contribution in [2.75, 3.05) is 19.0 Å². The minimum Gasteiger partial charge on any atom is -0.382 e. The van der Waals surface area contributed by atoms with Gasteiger partial charge in [-0.15, -0.1) is 0 Å². The highest BCUT2D eigenvalue weighted by Crippen LogP contribution is 2.14. The molecule has 0 aliphatic carbocycles. The highest BCUT2D eigenvalue weighted by Gasteiger charge is 2.17. The first kappa shape index (κ1) is 11.2. The minimum absolute atomic E-state index is 0.174. The topological polar surface area (TPSA) is 47.0 Å². The van der Waals surface area contributed by atoms with E-state index in [1.165, 1.54) is 6.33 Å². The van der Waals surface area contributed by atoms with Crippen LogP contribution in [0.5, 0.6) is 0 Å². The summed E-state index contributed by atoms with van der Waals surface area (Å²) in [4.78, 5) is 7.84. The van der Waals surface area contributed by atoms with E-state index in [9.17, 15) is 0 Å². The van der Waals surface area contributed by atoms with E-state index in [0.717, 1.165) is 0 Å². The fraction of sp³-hybridized carbons (Fsp3) is 0.556. The smallest absolute Gasteiger partial charge is 0.134 e. The summed E-state index contributed by atoms with van der Waals surface area (Å²) in [5.41, 5.74) is -0.174. The molecule has 0 aromatic carbocycles. The Kier molecular flexibility index (Phi) is 3.66. The molecule has 1 aromatic rings. The van der Waals surface area contributed by atoms with Crippen LogP contribution in [0.2, 0.25) is 5.15 Å². The van der Waals surface area contributed by atoms with E-state index in [0.29, 0.717) is 17.6 Å². The summed E-state index contributed by atoms with van der Waals surface area (Å²) < 4.78 is 5.07. The lowest BCUT2D eigenvalue weighted by Gasteiger charge is -2.25. The number of methoxy groups -OCH3 is 1. The van der Waals surface area contributed by atoms with Crippen molar-refractivity contribution in [1.29, 1.82) is 0 Å². The number of nitrogens with zero attached hydrogens (tertiary/aromatic N) is 2. The van der Waals surface area contributed by atoms with Gasteiger partial charge in [-0.25, -0.2) is 9.97 Å². The van der Waals surface area contributed by atoms with Crippen LogP contribution in [0.1, 0.15) is 13.8 Å². The number of nitrogens with one attached hydrogen (secondary N) is 1. The fourth-order valence-corrected chi connectivity index (χ4v) is 1.29. The predicted molar refractivity (Wildman–Crippen MR) is 56.6 cm³/mol. The summed E-state index contributed by atoms with van der Waals surface area (Å²) in [6, 6.07) is 1.68. The van der Waals surface area contributed by atoms with Crippen LogP contribution in [0.15, 0.2) is 12.4 Å². The zero-order valence-electron chi connectivity index (χ0n) is 8.54. The molecular weight excluding hydrogens is 202 g/mol. The zero-order chi connectivity index (χ0) is 10.6. The maximum absolute atomic E-state index is 5.73. The second kappa shape index (κ2) is 4.57. The van der Waals surface area contributed by atoms with Crippen LogP contribution in [0.4, 0.5) is 5.82 Å². The Balaban J connectivity index is 2.68. The van der Waals surface area contributed by atoms with E-state index < -0.39 is 0 Å². The van der Waals surface area contributed by atoms with Gasteiger partial charge in [0.05, 0.1) is 12.1 Å². The SMILES string of the molecule is COCC(C)(C)Nc1cc(Cl)ncn1. The normalized spacial score (nSPS) is 11.4. The predicted octanol–water partition coefficient (Wildman–Crippen LogP) is 1.97. The largest absolute Gasteiger partial charge is 0.382 e. The highest BCUT2D eigenvalue weighted by molar-refractivity contribution is 6.29. The van der Waals surface area contributed by atoms with Gasteiger partial charge in [0.2, 0.25) is 0 Å². The second-order valence-electron chi connectivity index (χ2n) is 3.67. The van der Waals surface area contributed by atoms with Gasteiger partial charge in [0, 0.05) is 13.2 Å². The Labute approximate surface area is 88.7 Å². The third-order valence-electron chi connectivity index (χ3n) is 1.61. The lowest BCUT2D eigenvalue weighted by atomic mass is 10.1. The molecule has 0 bridgehead atoms. The molecule has 0 radical (unpaired) electrons. The Bertz CT molecular complexity index is 304. The van der Waals surface area contributed by atoms with Gasteiger partial charge >= 0.3 is 0 Å². The number of aromatic nitrogens is 2. The highest BCUT2D eigenvalue weighted by atomic mass is 35.5. The van der Waals surface area contributed by atoms with Crippen molar-refractivity contribution >= 4 is 17.4 Å². The van der Waals surface area contributed by atoms with Crippen LogP contribution in [0.25, 0.3) is 0 Å². The molecule has 5 heteroatoms. The average Bonchev–Trinajstić information content (AvgIpc) is 2.02. The van der Waals surface area contributed by atoms with Gasteiger partial charge in [0.15, 0.2) is 0 Å². The number of rotatable bonds is 4. The second-order valence-corrected chi connectivity index (χ2v) is 4.06. The van der Waals surface area contributed by atoms with Crippen LogP contribution in [0, 0.1) is 0 Å². The zero-order valence-corrected chi connectivity index (χ0v) is 9.30. The number of anilines is 1. The number of halogens is 1. The van der Waals surface area contributed by atoms with Gasteiger partial charge in [-0.1, -0.05) is 11.6 Å². The Hall–Kier alpha value is -0.870. The van der Waals surface area contributed by atoms with Gasteiger partial charge < -0.3 is 10.1 Å². The van der Waals surface area contributed by atoms with Crippen molar-refractivity contribution in [3.8, 4) is 0 Å². The van der Waals surface area contributed by atoms with Gasteiger partial charge in [0.1, 0.15) is 17.3 Å². The maximum Gasteiger partial charge on any atom is 0.134 e. The first-order chi connectivity index (χ1) is 6.53. The van der Waals surface area contributed by atoms with Crippen molar-refractivity contribution in [3.63, 3.8) is 0 Å². The third-order valence-corrected chi connectivity index (χ3v) is 1.81. The number of hydrogen-bond acceptors (Lipinski definition) is 4. The lowest BCUT2D eigenvalue weighted by molar-refractivity contribution is 0.158. The van der Waals surface area contributed by atoms with E-state index in [1.54, 1.807) is 13.2 Å². The molecule has 1 heterocycles. The van der Waals surface area contributed by atoms with Crippen LogP contribution < -0.4 is 5.32 Å². The fourth-order valence-electron chi connectivity index (χ4n) is 1.15. The summed E-state index contributed by atoms with van der Waals surface area (Å²) in [5, 5.41) is 3.63. The summed E-state index contributed by atoms with van der Waals surface area (Å²) >= 11 is 5.73. The van der Waals surface area contributed by atoms with E-state index >= 15 is 0 Å². The van der Waals surface area contributed by atoms with Crippen LogP contribution in [-0.2, 0) is 4.74 Å². The lowest BCUT2D eigenvalue weighted by Crippen LogP contribution is -2.36. The molecule has 0 saturated heterocycles. The van der Waals surface area contributed by atoms with Gasteiger partial charge in [0.25, 0.3) is 0 Å². The van der Waals surface area contributed by atoms with Crippen molar-refractivity contribution < 1.29 is 4.74 Å². The quantitative estimate of drug-likeness (QED) is 0.781. The van der Waals surface area contributed by atoms with Crippen molar-refractivity contribution in [2.45, 2.75) is 19.4 Å². The molecule has 0 amide bonds. The average molecular weight is 216 g/mol. The molecule has 0 aliphatic rings. The Morgan fingerprint density at radius 2 is 2.21 bits per heavy atom. The Morgan fingerprint density at radius 1 is 1.50 bits per heavy atom. The molecule has 0 aliphatic heterocycles. The molecule has 14 heavy (non-hydrogen) atoms. The van der Waals surface area contributed by atoms with Crippen LogP contribution in [0.3, 0.4) is 0 Å². The van der Waals surface area contributed by atoms with Gasteiger partial charge in [-0.2, -0.15) is 0 Å². The summed E-state index contributed by atoms with van der Waals surface area (Å²) in [7, 11) is 1.66. The van der Waals surface area contributed by atoms with Crippen LogP contribution in [-0.4, -0.2) is 29.2 Å². The van der Waals surface area contributed by atoms with Crippen molar-refractivity contribution in [2.24, 2.45) is 0 Å². The van der Waals surface area contributed by atoms with Gasteiger partial charge in [-0.05, 0) is 13.8 Å². The van der Waals surface area contributed by atoms with E-state index in [-0.39, 0.29) is 5.54 Å². The number of ether oxygens (including phenoxy) is 1. The molecule has 1 N–H and O–H groups in total. The molecule has 1 rings (SSSR count). The Morgan fingerprint density at radius 3 is 2.79 bits per heavy atom. The molecule has 1 aromatic heterocycles. The summed E-state index contributed by atoms with van der Waals surface area (Å²) in [5.74, 6) is 0.701. The first-order valence-corrected chi connectivity index (χ1v) is 4.66.